The van der Waals surface area contributed by atoms with E-state index in [1.165, 1.54) is 0 Å². The second-order valence-electron chi connectivity index (χ2n) is 5.42. The van der Waals surface area contributed by atoms with E-state index < -0.39 is 0 Å². The number of nitrogens with one attached hydrogen (secondary N) is 2. The molecule has 0 fully saturated rings. The number of hydrogen-bond donors (Lipinski definition) is 2. The monoisotopic (exact) mass is 328 g/mol. The minimum Gasteiger partial charge on any atom is -0.491 e. The number of anilines is 1. The summed E-state index contributed by atoms with van der Waals surface area (Å²) in [7, 11) is 1.64. The number of methoxy groups -OCH3 is 1. The van der Waals surface area contributed by atoms with Crippen LogP contribution in [0.4, 0.5) is 5.69 Å². The van der Waals surface area contributed by atoms with Gasteiger partial charge in [-0.25, -0.2) is 0 Å². The molecule has 0 saturated carbocycles. The Labute approximate surface area is 143 Å². The van der Waals surface area contributed by atoms with Gasteiger partial charge in [-0.1, -0.05) is 36.4 Å². The predicted octanol–water partition coefficient (Wildman–Crippen LogP) is 3.00. The Bertz CT molecular complexity index is 632. The molecule has 0 spiro atoms. The summed E-state index contributed by atoms with van der Waals surface area (Å²) in [5, 5.41) is 6.08. The number of carbonyl (C=O) groups excluding carboxylic acids is 1. The fraction of sp³-hybridized carbons (Fsp3) is 0.316. The number of ether oxygens (including phenoxy) is 2. The molecule has 1 atom stereocenters. The highest BCUT2D eigenvalue weighted by Gasteiger charge is 2.09. The molecule has 1 amide bonds. The van der Waals surface area contributed by atoms with E-state index in [2.05, 4.69) is 10.6 Å². The van der Waals surface area contributed by atoms with E-state index in [9.17, 15) is 4.79 Å². The summed E-state index contributed by atoms with van der Waals surface area (Å²) in [6.07, 6.45) is 0. The number of amides is 1. The van der Waals surface area contributed by atoms with Crippen LogP contribution in [0.2, 0.25) is 0 Å². The molecule has 0 aliphatic heterocycles. The maximum atomic E-state index is 12.1. The Morgan fingerprint density at radius 3 is 2.62 bits per heavy atom. The number of carbonyl (C=O) groups is 1. The summed E-state index contributed by atoms with van der Waals surface area (Å²) in [5.74, 6) is 0.687. The number of rotatable bonds is 9. The highest BCUT2D eigenvalue weighted by atomic mass is 16.5. The zero-order chi connectivity index (χ0) is 17.2. The van der Waals surface area contributed by atoms with Crippen LogP contribution in [0.5, 0.6) is 5.75 Å². The molecule has 0 bridgehead atoms. The Kier molecular flexibility index (Phi) is 7.11. The average Bonchev–Trinajstić information content (AvgIpc) is 2.61. The van der Waals surface area contributed by atoms with Crippen molar-refractivity contribution >= 4 is 11.6 Å². The van der Waals surface area contributed by atoms with Gasteiger partial charge in [-0.3, -0.25) is 4.79 Å². The normalized spacial score (nSPS) is 11.6. The van der Waals surface area contributed by atoms with Crippen LogP contribution in [-0.4, -0.2) is 32.8 Å². The molecule has 0 aliphatic rings. The molecule has 0 saturated heterocycles. The van der Waals surface area contributed by atoms with Crippen molar-refractivity contribution in [3.63, 3.8) is 0 Å². The molecule has 0 aromatic heterocycles. The van der Waals surface area contributed by atoms with Crippen LogP contribution in [0.15, 0.2) is 54.6 Å². The van der Waals surface area contributed by atoms with Gasteiger partial charge in [-0.15, -0.1) is 0 Å². The highest BCUT2D eigenvalue weighted by molar-refractivity contribution is 5.81. The van der Waals surface area contributed by atoms with Crippen molar-refractivity contribution in [3.8, 4) is 5.75 Å². The SMILES string of the molecule is COCCOc1cccc(NCC(=O)NC(C)c2ccccc2)c1. The van der Waals surface area contributed by atoms with Gasteiger partial charge in [-0.2, -0.15) is 0 Å². The summed E-state index contributed by atoms with van der Waals surface area (Å²) in [4.78, 5) is 12.1. The molecular formula is C19H24N2O3. The van der Waals surface area contributed by atoms with E-state index >= 15 is 0 Å². The van der Waals surface area contributed by atoms with Gasteiger partial charge in [0.15, 0.2) is 0 Å². The minimum atomic E-state index is -0.0583. The zero-order valence-electron chi connectivity index (χ0n) is 14.1. The molecule has 24 heavy (non-hydrogen) atoms. The van der Waals surface area contributed by atoms with Crippen molar-refractivity contribution in [1.82, 2.24) is 5.32 Å². The van der Waals surface area contributed by atoms with Gasteiger partial charge in [0, 0.05) is 18.9 Å². The first-order valence-corrected chi connectivity index (χ1v) is 7.99. The second-order valence-corrected chi connectivity index (χ2v) is 5.42. The topological polar surface area (TPSA) is 59.6 Å². The van der Waals surface area contributed by atoms with Gasteiger partial charge >= 0.3 is 0 Å². The van der Waals surface area contributed by atoms with Crippen molar-refractivity contribution < 1.29 is 14.3 Å². The molecule has 1 unspecified atom stereocenters. The first-order valence-electron chi connectivity index (χ1n) is 7.99. The molecule has 5 heteroatoms. The second kappa shape index (κ2) is 9.57. The van der Waals surface area contributed by atoms with E-state index in [0.717, 1.165) is 17.0 Å². The van der Waals surface area contributed by atoms with Crippen LogP contribution in [0.1, 0.15) is 18.5 Å². The van der Waals surface area contributed by atoms with Crippen LogP contribution in [-0.2, 0) is 9.53 Å². The molecule has 2 rings (SSSR count). The van der Waals surface area contributed by atoms with Gasteiger partial charge in [0.1, 0.15) is 12.4 Å². The van der Waals surface area contributed by atoms with Gasteiger partial charge in [0.2, 0.25) is 5.91 Å². The first kappa shape index (κ1) is 17.8. The summed E-state index contributed by atoms with van der Waals surface area (Å²) >= 11 is 0. The molecule has 2 aromatic carbocycles. The highest BCUT2D eigenvalue weighted by Crippen LogP contribution is 2.17. The van der Waals surface area contributed by atoms with Crippen LogP contribution < -0.4 is 15.4 Å². The van der Waals surface area contributed by atoms with E-state index in [0.29, 0.717) is 13.2 Å². The lowest BCUT2D eigenvalue weighted by Gasteiger charge is -2.15. The lowest BCUT2D eigenvalue weighted by Crippen LogP contribution is -2.32. The average molecular weight is 328 g/mol. The molecule has 2 N–H and O–H groups in total. The van der Waals surface area contributed by atoms with Crippen LogP contribution >= 0.6 is 0 Å². The molecule has 2 aromatic rings. The lowest BCUT2D eigenvalue weighted by atomic mass is 10.1. The third-order valence-corrected chi connectivity index (χ3v) is 3.52. The molecule has 0 radical (unpaired) electrons. The smallest absolute Gasteiger partial charge is 0.239 e. The molecular weight excluding hydrogens is 304 g/mol. The summed E-state index contributed by atoms with van der Waals surface area (Å²) < 4.78 is 10.5. The van der Waals surface area contributed by atoms with Crippen molar-refractivity contribution in [2.24, 2.45) is 0 Å². The van der Waals surface area contributed by atoms with Gasteiger partial charge in [0.25, 0.3) is 0 Å². The zero-order valence-corrected chi connectivity index (χ0v) is 14.1. The maximum Gasteiger partial charge on any atom is 0.239 e. The number of benzene rings is 2. The van der Waals surface area contributed by atoms with Gasteiger partial charge in [-0.05, 0) is 24.6 Å². The van der Waals surface area contributed by atoms with Crippen molar-refractivity contribution in [3.05, 3.63) is 60.2 Å². The fourth-order valence-corrected chi connectivity index (χ4v) is 2.24. The van der Waals surface area contributed by atoms with Crippen LogP contribution in [0.3, 0.4) is 0 Å². The third kappa shape index (κ3) is 5.93. The Morgan fingerprint density at radius 1 is 1.08 bits per heavy atom. The van der Waals surface area contributed by atoms with E-state index in [4.69, 9.17) is 9.47 Å². The molecule has 128 valence electrons. The van der Waals surface area contributed by atoms with E-state index in [1.54, 1.807) is 7.11 Å². The molecule has 5 nitrogen and oxygen atoms in total. The molecule has 0 heterocycles. The summed E-state index contributed by atoms with van der Waals surface area (Å²) in [6.45, 7) is 3.21. The van der Waals surface area contributed by atoms with Crippen molar-refractivity contribution in [2.75, 3.05) is 32.2 Å². The Morgan fingerprint density at radius 2 is 1.88 bits per heavy atom. The standard InChI is InChI=1S/C19H24N2O3/c1-15(16-7-4-3-5-8-16)21-19(22)14-20-17-9-6-10-18(13-17)24-12-11-23-2/h3-10,13,15,20H,11-12,14H2,1-2H3,(H,21,22). The predicted molar refractivity (Wildman–Crippen MR) is 95.3 cm³/mol. The van der Waals surface area contributed by atoms with Crippen LogP contribution in [0.25, 0.3) is 0 Å². The van der Waals surface area contributed by atoms with Gasteiger partial charge in [0.05, 0.1) is 19.2 Å². The Balaban J connectivity index is 1.80. The third-order valence-electron chi connectivity index (χ3n) is 3.52. The minimum absolute atomic E-state index is 0.0239. The van der Waals surface area contributed by atoms with Crippen LogP contribution in [0, 0.1) is 0 Å². The number of hydrogen-bond acceptors (Lipinski definition) is 4. The fourth-order valence-electron chi connectivity index (χ4n) is 2.24. The van der Waals surface area contributed by atoms with E-state index in [1.807, 2.05) is 61.5 Å². The lowest BCUT2D eigenvalue weighted by molar-refractivity contribution is -0.120. The van der Waals surface area contributed by atoms with Crippen molar-refractivity contribution in [1.29, 1.82) is 0 Å². The molecule has 0 aliphatic carbocycles. The van der Waals surface area contributed by atoms with E-state index in [-0.39, 0.29) is 18.5 Å². The summed E-state index contributed by atoms with van der Waals surface area (Å²) in [6, 6.07) is 17.4. The summed E-state index contributed by atoms with van der Waals surface area (Å²) in [5.41, 5.74) is 1.92. The first-order chi connectivity index (χ1) is 11.7. The van der Waals surface area contributed by atoms with Gasteiger partial charge < -0.3 is 20.1 Å². The van der Waals surface area contributed by atoms with Crippen molar-refractivity contribution in [2.45, 2.75) is 13.0 Å². The largest absolute Gasteiger partial charge is 0.491 e. The quantitative estimate of drug-likeness (QED) is 0.695. The maximum absolute atomic E-state index is 12.1. The Hall–Kier alpha value is -2.53.